The van der Waals surface area contributed by atoms with Crippen LogP contribution in [0.4, 0.5) is 4.79 Å². The van der Waals surface area contributed by atoms with Gasteiger partial charge in [-0.05, 0) is 43.4 Å². The molecule has 28 heavy (non-hydrogen) atoms. The van der Waals surface area contributed by atoms with E-state index in [2.05, 4.69) is 31.4 Å². The molecule has 0 radical (unpaired) electrons. The second kappa shape index (κ2) is 8.09. The molecule has 0 unspecified atom stereocenters. The first-order chi connectivity index (χ1) is 12.8. The molecule has 0 aromatic carbocycles. The van der Waals surface area contributed by atoms with Gasteiger partial charge < -0.3 is 15.4 Å². The molecule has 3 atom stereocenters. The van der Waals surface area contributed by atoms with Gasteiger partial charge in [0, 0.05) is 6.04 Å². The number of nitrogens with one attached hydrogen (secondary N) is 2. The summed E-state index contributed by atoms with van der Waals surface area (Å²) in [6.07, 6.45) is 2.07. The molecule has 1 spiro atoms. The molecule has 0 bridgehead atoms. The highest BCUT2D eigenvalue weighted by Crippen LogP contribution is 2.46. The van der Waals surface area contributed by atoms with Gasteiger partial charge in [-0.3, -0.25) is 19.3 Å². The third-order valence-electron chi connectivity index (χ3n) is 5.66. The molecule has 1 heterocycles. The molecular weight excluding hydrogens is 362 g/mol. The molecule has 2 N–H and O–H groups in total. The number of urea groups is 1. The van der Waals surface area contributed by atoms with Crippen LogP contribution in [-0.2, 0) is 19.1 Å². The minimum Gasteiger partial charge on any atom is -0.454 e. The van der Waals surface area contributed by atoms with Crippen molar-refractivity contribution in [1.29, 1.82) is 0 Å². The molecule has 158 valence electrons. The van der Waals surface area contributed by atoms with Crippen LogP contribution in [0.15, 0.2) is 0 Å². The highest BCUT2D eigenvalue weighted by molar-refractivity contribution is 6.08. The Morgan fingerprint density at radius 1 is 1.25 bits per heavy atom. The lowest BCUT2D eigenvalue weighted by Crippen LogP contribution is -2.54. The van der Waals surface area contributed by atoms with Crippen molar-refractivity contribution in [1.82, 2.24) is 15.5 Å². The first-order valence-corrected chi connectivity index (χ1v) is 9.94. The van der Waals surface area contributed by atoms with Gasteiger partial charge in [0.05, 0.1) is 0 Å². The first kappa shape index (κ1) is 22.2. The van der Waals surface area contributed by atoms with Crippen molar-refractivity contribution >= 4 is 23.8 Å². The monoisotopic (exact) mass is 395 g/mol. The molecule has 8 heteroatoms. The Hall–Kier alpha value is -2.12. The zero-order valence-corrected chi connectivity index (χ0v) is 17.8. The number of amides is 4. The van der Waals surface area contributed by atoms with E-state index in [-0.39, 0.29) is 29.2 Å². The second-order valence-electron chi connectivity index (χ2n) is 9.52. The van der Waals surface area contributed by atoms with E-state index in [1.54, 1.807) is 0 Å². The van der Waals surface area contributed by atoms with Crippen molar-refractivity contribution in [2.24, 2.45) is 17.3 Å². The van der Waals surface area contributed by atoms with Gasteiger partial charge in [-0.15, -0.1) is 0 Å². The predicted octanol–water partition coefficient (Wildman–Crippen LogP) is 1.83. The van der Waals surface area contributed by atoms with Crippen molar-refractivity contribution in [2.45, 2.75) is 72.4 Å². The van der Waals surface area contributed by atoms with Crippen LogP contribution in [0.5, 0.6) is 0 Å². The van der Waals surface area contributed by atoms with Crippen molar-refractivity contribution < 1.29 is 23.9 Å². The van der Waals surface area contributed by atoms with Crippen LogP contribution >= 0.6 is 0 Å². The number of hydrogen-bond donors (Lipinski definition) is 2. The molecule has 2 fully saturated rings. The molecule has 8 nitrogen and oxygen atoms in total. The summed E-state index contributed by atoms with van der Waals surface area (Å²) in [4.78, 5) is 50.2. The molecule has 0 aromatic rings. The fourth-order valence-electron chi connectivity index (χ4n) is 4.43. The van der Waals surface area contributed by atoms with Crippen LogP contribution in [0.2, 0.25) is 0 Å². The predicted molar refractivity (Wildman–Crippen MR) is 103 cm³/mol. The Bertz CT molecular complexity index is 660. The van der Waals surface area contributed by atoms with Gasteiger partial charge in [-0.2, -0.15) is 0 Å². The van der Waals surface area contributed by atoms with Crippen LogP contribution in [0.25, 0.3) is 0 Å². The van der Waals surface area contributed by atoms with E-state index in [0.717, 1.165) is 11.3 Å². The third kappa shape index (κ3) is 5.02. The molecule has 4 amide bonds. The van der Waals surface area contributed by atoms with Gasteiger partial charge in [0.2, 0.25) is 0 Å². The van der Waals surface area contributed by atoms with Crippen LogP contribution in [0, 0.1) is 17.3 Å². The lowest BCUT2D eigenvalue weighted by Gasteiger charge is -2.43. The summed E-state index contributed by atoms with van der Waals surface area (Å²) < 4.78 is 4.96. The molecule has 1 aliphatic carbocycles. The maximum Gasteiger partial charge on any atom is 0.326 e. The van der Waals surface area contributed by atoms with E-state index in [9.17, 15) is 19.2 Å². The first-order valence-electron chi connectivity index (χ1n) is 9.94. The maximum absolute atomic E-state index is 13.0. The summed E-state index contributed by atoms with van der Waals surface area (Å²) in [6.45, 7) is 11.1. The zero-order valence-electron chi connectivity index (χ0n) is 17.8. The quantitative estimate of drug-likeness (QED) is 0.527. The van der Waals surface area contributed by atoms with Crippen LogP contribution < -0.4 is 10.6 Å². The van der Waals surface area contributed by atoms with E-state index in [1.807, 2.05) is 20.8 Å². The molecule has 0 aromatic heterocycles. The fourth-order valence-corrected chi connectivity index (χ4v) is 4.43. The molecule has 1 saturated heterocycles. The van der Waals surface area contributed by atoms with E-state index in [1.165, 1.54) is 0 Å². The second-order valence-corrected chi connectivity index (χ2v) is 9.52. The number of esters is 1. The molecule has 2 aliphatic rings. The van der Waals surface area contributed by atoms with Gasteiger partial charge in [0.1, 0.15) is 12.1 Å². The Morgan fingerprint density at radius 3 is 2.46 bits per heavy atom. The zero-order chi connectivity index (χ0) is 21.3. The molecule has 1 aliphatic heterocycles. The summed E-state index contributed by atoms with van der Waals surface area (Å²) in [5.41, 5.74) is -1.04. The summed E-state index contributed by atoms with van der Waals surface area (Å²) >= 11 is 0. The number of carbonyl (C=O) groups is 4. The third-order valence-corrected chi connectivity index (χ3v) is 5.66. The van der Waals surface area contributed by atoms with E-state index < -0.39 is 36.6 Å². The fraction of sp³-hybridized carbons (Fsp3) is 0.800. The van der Waals surface area contributed by atoms with Gasteiger partial charge in [-0.25, -0.2) is 4.79 Å². The number of hydrogen-bond acceptors (Lipinski definition) is 5. The minimum atomic E-state index is -0.956. The van der Waals surface area contributed by atoms with Crippen molar-refractivity contribution in [2.75, 3.05) is 13.2 Å². The Morgan fingerprint density at radius 2 is 1.89 bits per heavy atom. The van der Waals surface area contributed by atoms with Crippen molar-refractivity contribution in [3.8, 4) is 0 Å². The minimum absolute atomic E-state index is 0.0476. The van der Waals surface area contributed by atoms with Gasteiger partial charge in [0.15, 0.2) is 6.61 Å². The molecular formula is C20H33N3O5. The van der Waals surface area contributed by atoms with E-state index >= 15 is 0 Å². The smallest absolute Gasteiger partial charge is 0.326 e. The SMILES string of the molecule is CC(C)[C@H](C)NC(=O)COC(=O)CN1C(=O)N[C@]2(C[C@H](C)CC(C)(C)C2)C1=O. The average molecular weight is 396 g/mol. The number of imide groups is 1. The van der Waals surface area contributed by atoms with Crippen LogP contribution in [-0.4, -0.2) is 53.4 Å². The van der Waals surface area contributed by atoms with Gasteiger partial charge >= 0.3 is 12.0 Å². The number of ether oxygens (including phenoxy) is 1. The van der Waals surface area contributed by atoms with Gasteiger partial charge in [-0.1, -0.05) is 34.6 Å². The van der Waals surface area contributed by atoms with E-state index in [4.69, 9.17) is 4.74 Å². The summed E-state index contributed by atoms with van der Waals surface area (Å²) in [6, 6.07) is -0.627. The van der Waals surface area contributed by atoms with E-state index in [0.29, 0.717) is 12.8 Å². The summed E-state index contributed by atoms with van der Waals surface area (Å²) in [5.74, 6) is -1.04. The lowest BCUT2D eigenvalue weighted by atomic mass is 9.64. The Labute approximate surface area is 166 Å². The van der Waals surface area contributed by atoms with Crippen LogP contribution in [0.3, 0.4) is 0 Å². The van der Waals surface area contributed by atoms with Gasteiger partial charge in [0.25, 0.3) is 11.8 Å². The number of rotatable bonds is 6. The lowest BCUT2D eigenvalue weighted by molar-refractivity contribution is -0.151. The molecule has 2 rings (SSSR count). The van der Waals surface area contributed by atoms with Crippen LogP contribution in [0.1, 0.15) is 60.8 Å². The number of nitrogens with zero attached hydrogens (tertiary/aromatic N) is 1. The summed E-state index contributed by atoms with van der Waals surface area (Å²) in [5, 5.41) is 5.54. The largest absolute Gasteiger partial charge is 0.454 e. The number of carbonyl (C=O) groups excluding carboxylic acids is 4. The summed E-state index contributed by atoms with van der Waals surface area (Å²) in [7, 11) is 0. The highest BCUT2D eigenvalue weighted by Gasteiger charge is 2.56. The van der Waals surface area contributed by atoms with Crippen molar-refractivity contribution in [3.05, 3.63) is 0 Å². The Balaban J connectivity index is 1.94. The Kier molecular flexibility index (Phi) is 6.41. The standard InChI is InChI=1S/C20H33N3O5/c1-12(2)14(4)21-15(24)10-28-16(25)9-23-17(26)20(22-18(23)27)8-13(3)7-19(5,6)11-20/h12-14H,7-11H2,1-6H3,(H,21,24)(H,22,27)/t13-,14+,20+/m1/s1. The maximum atomic E-state index is 13.0. The topological polar surface area (TPSA) is 105 Å². The normalized spacial score (nSPS) is 27.7. The average Bonchev–Trinajstić information content (AvgIpc) is 2.74. The molecule has 1 saturated carbocycles. The van der Waals surface area contributed by atoms with Crippen molar-refractivity contribution in [3.63, 3.8) is 0 Å². The highest BCUT2D eigenvalue weighted by atomic mass is 16.5.